The first kappa shape index (κ1) is 13.2. The van der Waals surface area contributed by atoms with E-state index in [0.717, 1.165) is 0 Å². The van der Waals surface area contributed by atoms with Crippen LogP contribution in [0.15, 0.2) is 12.1 Å². The highest BCUT2D eigenvalue weighted by Gasteiger charge is 2.19. The fraction of sp³-hybridized carbons (Fsp3) is 0.571. The van der Waals surface area contributed by atoms with Crippen LogP contribution in [0.25, 0.3) is 0 Å². The highest BCUT2D eigenvalue weighted by Crippen LogP contribution is 2.29. The average Bonchev–Trinajstić information content (AvgIpc) is 2.17. The molecule has 0 amide bonds. The summed E-state index contributed by atoms with van der Waals surface area (Å²) in [6.07, 6.45) is 0. The van der Waals surface area contributed by atoms with Gasteiger partial charge < -0.3 is 11.5 Å². The predicted octanol–water partition coefficient (Wildman–Crippen LogP) is 2.25. The molecule has 1 unspecified atom stereocenters. The summed E-state index contributed by atoms with van der Waals surface area (Å²) in [6, 6.07) is 4.48. The number of aryl methyl sites for hydroxylation is 3. The molecule has 0 aliphatic heterocycles. The maximum absolute atomic E-state index is 5.77. The summed E-state index contributed by atoms with van der Waals surface area (Å²) in [5, 5.41) is 0. The summed E-state index contributed by atoms with van der Waals surface area (Å²) in [7, 11) is 0. The van der Waals surface area contributed by atoms with Gasteiger partial charge in [-0.3, -0.25) is 0 Å². The van der Waals surface area contributed by atoms with Crippen LogP contribution in [0.4, 0.5) is 0 Å². The lowest BCUT2D eigenvalue weighted by Crippen LogP contribution is -2.28. The fourth-order valence-corrected chi connectivity index (χ4v) is 2.65. The minimum Gasteiger partial charge on any atom is -0.330 e. The summed E-state index contributed by atoms with van der Waals surface area (Å²) in [5.41, 5.74) is 17.0. The summed E-state index contributed by atoms with van der Waals surface area (Å²) < 4.78 is 0. The Labute approximate surface area is 99.0 Å². The van der Waals surface area contributed by atoms with E-state index >= 15 is 0 Å². The summed E-state index contributed by atoms with van der Waals surface area (Å²) in [4.78, 5) is 0. The smallest absolute Gasteiger partial charge is 0.00310 e. The zero-order valence-corrected chi connectivity index (χ0v) is 10.9. The van der Waals surface area contributed by atoms with Crippen LogP contribution in [-0.4, -0.2) is 13.1 Å². The molecule has 4 N–H and O–H groups in total. The van der Waals surface area contributed by atoms with Crippen LogP contribution in [0.3, 0.4) is 0 Å². The van der Waals surface area contributed by atoms with E-state index in [1.54, 1.807) is 0 Å². The topological polar surface area (TPSA) is 52.0 Å². The van der Waals surface area contributed by atoms with E-state index in [0.29, 0.717) is 24.9 Å². The van der Waals surface area contributed by atoms with E-state index in [1.807, 2.05) is 0 Å². The van der Waals surface area contributed by atoms with E-state index in [4.69, 9.17) is 11.5 Å². The summed E-state index contributed by atoms with van der Waals surface area (Å²) in [6.45, 7) is 10.0. The largest absolute Gasteiger partial charge is 0.330 e. The molecule has 1 aromatic rings. The summed E-state index contributed by atoms with van der Waals surface area (Å²) in [5.74, 6) is 0.815. The quantitative estimate of drug-likeness (QED) is 0.817. The molecule has 0 aliphatic carbocycles. The van der Waals surface area contributed by atoms with Gasteiger partial charge in [0.05, 0.1) is 0 Å². The molecule has 1 atom stereocenters. The molecule has 0 aromatic heterocycles. The van der Waals surface area contributed by atoms with Crippen LogP contribution < -0.4 is 11.5 Å². The molecule has 0 fully saturated rings. The van der Waals surface area contributed by atoms with Crippen LogP contribution in [0.2, 0.25) is 0 Å². The van der Waals surface area contributed by atoms with E-state index in [1.165, 1.54) is 22.3 Å². The van der Waals surface area contributed by atoms with Crippen molar-refractivity contribution >= 4 is 0 Å². The molecular weight excluding hydrogens is 196 g/mol. The van der Waals surface area contributed by atoms with Gasteiger partial charge in [-0.1, -0.05) is 24.6 Å². The van der Waals surface area contributed by atoms with Gasteiger partial charge in [-0.2, -0.15) is 0 Å². The molecule has 90 valence electrons. The lowest BCUT2D eigenvalue weighted by molar-refractivity contribution is 0.464. The van der Waals surface area contributed by atoms with Gasteiger partial charge in [0.1, 0.15) is 0 Å². The number of hydrogen-bond acceptors (Lipinski definition) is 2. The van der Waals surface area contributed by atoms with Gasteiger partial charge in [0.25, 0.3) is 0 Å². The van der Waals surface area contributed by atoms with Gasteiger partial charge in [0.15, 0.2) is 0 Å². The number of benzene rings is 1. The summed E-state index contributed by atoms with van der Waals surface area (Å²) >= 11 is 0. The first-order valence-electron chi connectivity index (χ1n) is 5.99. The van der Waals surface area contributed by atoms with E-state index in [9.17, 15) is 0 Å². The molecule has 1 aromatic carbocycles. The fourth-order valence-electron chi connectivity index (χ4n) is 2.65. The lowest BCUT2D eigenvalue weighted by Gasteiger charge is -2.25. The maximum atomic E-state index is 5.77. The Balaban J connectivity index is 3.12. The van der Waals surface area contributed by atoms with Crippen molar-refractivity contribution in [2.45, 2.75) is 33.6 Å². The number of rotatable bonds is 4. The Kier molecular flexibility index (Phi) is 4.51. The molecule has 0 heterocycles. The van der Waals surface area contributed by atoms with Gasteiger partial charge in [-0.05, 0) is 62.4 Å². The monoisotopic (exact) mass is 220 g/mol. The molecular formula is C14H24N2. The van der Waals surface area contributed by atoms with Crippen LogP contribution in [-0.2, 0) is 0 Å². The molecule has 0 saturated heterocycles. The first-order chi connectivity index (χ1) is 7.51. The van der Waals surface area contributed by atoms with E-state index in [2.05, 4.69) is 39.8 Å². The van der Waals surface area contributed by atoms with Crippen molar-refractivity contribution in [2.75, 3.05) is 13.1 Å². The van der Waals surface area contributed by atoms with E-state index in [-0.39, 0.29) is 0 Å². The van der Waals surface area contributed by atoms with Crippen molar-refractivity contribution in [3.8, 4) is 0 Å². The zero-order valence-electron chi connectivity index (χ0n) is 10.9. The molecule has 0 saturated carbocycles. The number of nitrogens with two attached hydrogens (primary N) is 2. The standard InChI is InChI=1S/C14H24N2/c1-9-5-10(2)14(11(3)6-9)12(4)13(7-15)8-16/h5-6,12-13H,7-8,15-16H2,1-4H3. The molecule has 0 bridgehead atoms. The predicted molar refractivity (Wildman–Crippen MR) is 70.7 cm³/mol. The molecule has 0 spiro atoms. The van der Waals surface area contributed by atoms with Crippen molar-refractivity contribution in [2.24, 2.45) is 17.4 Å². The molecule has 0 radical (unpaired) electrons. The Bertz CT molecular complexity index is 331. The average molecular weight is 220 g/mol. The molecule has 0 aliphatic rings. The van der Waals surface area contributed by atoms with Gasteiger partial charge >= 0.3 is 0 Å². The highest BCUT2D eigenvalue weighted by atomic mass is 14.6. The van der Waals surface area contributed by atoms with Crippen LogP contribution in [0.1, 0.15) is 35.1 Å². The zero-order chi connectivity index (χ0) is 12.3. The minimum absolute atomic E-state index is 0.375. The van der Waals surface area contributed by atoms with Gasteiger partial charge in [0, 0.05) is 0 Å². The third-order valence-corrected chi connectivity index (χ3v) is 3.51. The normalized spacial score (nSPS) is 13.2. The number of hydrogen-bond donors (Lipinski definition) is 2. The van der Waals surface area contributed by atoms with Crippen molar-refractivity contribution < 1.29 is 0 Å². The van der Waals surface area contributed by atoms with Crippen molar-refractivity contribution in [3.05, 3.63) is 34.4 Å². The Morgan fingerprint density at radius 1 is 1.00 bits per heavy atom. The Morgan fingerprint density at radius 2 is 1.44 bits per heavy atom. The van der Waals surface area contributed by atoms with E-state index < -0.39 is 0 Å². The van der Waals surface area contributed by atoms with Crippen LogP contribution >= 0.6 is 0 Å². The second kappa shape index (κ2) is 5.46. The van der Waals surface area contributed by atoms with Crippen molar-refractivity contribution in [1.29, 1.82) is 0 Å². The Hall–Kier alpha value is -0.860. The van der Waals surface area contributed by atoms with Crippen molar-refractivity contribution in [3.63, 3.8) is 0 Å². The van der Waals surface area contributed by atoms with Gasteiger partial charge in [-0.25, -0.2) is 0 Å². The van der Waals surface area contributed by atoms with Crippen LogP contribution in [0, 0.1) is 26.7 Å². The van der Waals surface area contributed by atoms with Gasteiger partial charge in [-0.15, -0.1) is 0 Å². The molecule has 16 heavy (non-hydrogen) atoms. The second-order valence-corrected chi connectivity index (χ2v) is 4.83. The maximum Gasteiger partial charge on any atom is -0.00310 e. The Morgan fingerprint density at radius 3 is 1.81 bits per heavy atom. The molecule has 2 nitrogen and oxygen atoms in total. The molecule has 2 heteroatoms. The molecule has 1 rings (SSSR count). The lowest BCUT2D eigenvalue weighted by atomic mass is 9.82. The van der Waals surface area contributed by atoms with Crippen LogP contribution in [0.5, 0.6) is 0 Å². The second-order valence-electron chi connectivity index (χ2n) is 4.83. The van der Waals surface area contributed by atoms with Crippen molar-refractivity contribution in [1.82, 2.24) is 0 Å². The first-order valence-corrected chi connectivity index (χ1v) is 5.99. The van der Waals surface area contributed by atoms with Gasteiger partial charge in [0.2, 0.25) is 0 Å². The SMILES string of the molecule is Cc1cc(C)c(C(C)C(CN)CN)c(C)c1. The highest BCUT2D eigenvalue weighted by molar-refractivity contribution is 5.40. The minimum atomic E-state index is 0.375. The third kappa shape index (κ3) is 2.63. The third-order valence-electron chi connectivity index (χ3n) is 3.51.